The molecule has 2 aromatic carbocycles. The van der Waals surface area contributed by atoms with Crippen molar-refractivity contribution in [1.82, 2.24) is 19.7 Å². The van der Waals surface area contributed by atoms with Gasteiger partial charge in [-0.05, 0) is 32.0 Å². The van der Waals surface area contributed by atoms with Gasteiger partial charge in [-0.15, -0.1) is 0 Å². The molecule has 0 N–H and O–H groups in total. The summed E-state index contributed by atoms with van der Waals surface area (Å²) in [5.41, 5.74) is 3.22. The average molecular weight is 605 g/mol. The standard InChI is InChI=1S/C32H33FN4O5S/c1-32(2)18-43(6)11-10-36(32)31(38)28-25-17-42-27-16-26(41-5)23(22-8-7-9-34-30(22)33)15-24(27)29(25)37(35-28)19-12-20(39-3)14-21(13-19)40-4/h7-9,12-16H,6,10-11,17-18H2,1-5H3. The Morgan fingerprint density at radius 3 is 2.44 bits per heavy atom. The zero-order valence-corrected chi connectivity index (χ0v) is 25.6. The lowest BCUT2D eigenvalue weighted by atomic mass is 9.96. The summed E-state index contributed by atoms with van der Waals surface area (Å²) in [6, 6.07) is 12.3. The molecule has 4 aromatic rings. The zero-order chi connectivity index (χ0) is 30.5. The monoisotopic (exact) mass is 604 g/mol. The van der Waals surface area contributed by atoms with E-state index in [9.17, 15) is 9.18 Å². The first kappa shape index (κ1) is 28.7. The quantitative estimate of drug-likeness (QED) is 0.209. The second-order valence-corrected chi connectivity index (χ2v) is 13.0. The molecule has 2 aliphatic heterocycles. The van der Waals surface area contributed by atoms with Crippen LogP contribution in [0.5, 0.6) is 23.0 Å². The van der Waals surface area contributed by atoms with Crippen molar-refractivity contribution in [3.8, 4) is 51.1 Å². The van der Waals surface area contributed by atoms with Gasteiger partial charge in [-0.2, -0.15) is 20.0 Å². The van der Waals surface area contributed by atoms with Crippen molar-refractivity contribution in [3.05, 3.63) is 65.9 Å². The maximum absolute atomic E-state index is 14.9. The summed E-state index contributed by atoms with van der Waals surface area (Å²) in [5.74, 6) is 7.19. The number of pyridine rings is 1. The molecule has 1 fully saturated rings. The minimum atomic E-state index is -0.628. The smallest absolute Gasteiger partial charge is 0.275 e. The third-order valence-corrected chi connectivity index (χ3v) is 9.76. The molecule has 43 heavy (non-hydrogen) atoms. The number of ether oxygens (including phenoxy) is 4. The number of carbonyl (C=O) groups excluding carboxylic acids is 1. The number of hydrogen-bond acceptors (Lipinski definition) is 7. The maximum Gasteiger partial charge on any atom is 0.275 e. The highest BCUT2D eigenvalue weighted by atomic mass is 32.2. The Morgan fingerprint density at radius 1 is 1.05 bits per heavy atom. The number of methoxy groups -OCH3 is 3. The van der Waals surface area contributed by atoms with Gasteiger partial charge in [-0.3, -0.25) is 4.79 Å². The van der Waals surface area contributed by atoms with Gasteiger partial charge < -0.3 is 23.8 Å². The van der Waals surface area contributed by atoms with Crippen molar-refractivity contribution < 1.29 is 28.1 Å². The van der Waals surface area contributed by atoms with Gasteiger partial charge in [-0.1, -0.05) is 5.87 Å². The largest absolute Gasteiger partial charge is 0.497 e. The second kappa shape index (κ2) is 11.0. The molecule has 2 aliphatic rings. The van der Waals surface area contributed by atoms with Crippen LogP contribution in [0, 0.1) is 5.95 Å². The van der Waals surface area contributed by atoms with E-state index in [1.807, 2.05) is 17.0 Å². The lowest BCUT2D eigenvalue weighted by Gasteiger charge is -2.43. The van der Waals surface area contributed by atoms with E-state index in [2.05, 4.69) is 24.7 Å². The summed E-state index contributed by atoms with van der Waals surface area (Å²) in [6.07, 6.45) is 1.40. The maximum atomic E-state index is 14.9. The molecule has 2 aromatic heterocycles. The topological polar surface area (TPSA) is 87.9 Å². The molecule has 4 heterocycles. The normalized spacial score (nSPS) is 17.0. The molecule has 0 bridgehead atoms. The summed E-state index contributed by atoms with van der Waals surface area (Å²) in [5, 5.41) is 4.94. The van der Waals surface area contributed by atoms with E-state index >= 15 is 0 Å². The molecule has 1 unspecified atom stereocenters. The van der Waals surface area contributed by atoms with Crippen LogP contribution in [-0.2, 0) is 6.61 Å². The van der Waals surface area contributed by atoms with E-state index in [4.69, 9.17) is 24.0 Å². The molecule has 11 heteroatoms. The summed E-state index contributed by atoms with van der Waals surface area (Å²) in [4.78, 5) is 20.0. The van der Waals surface area contributed by atoms with Crippen molar-refractivity contribution in [2.45, 2.75) is 26.0 Å². The van der Waals surface area contributed by atoms with Gasteiger partial charge in [0.1, 0.15) is 29.6 Å². The lowest BCUT2D eigenvalue weighted by molar-refractivity contribution is 0.0588. The van der Waals surface area contributed by atoms with Crippen LogP contribution in [0.2, 0.25) is 0 Å². The summed E-state index contributed by atoms with van der Waals surface area (Å²) >= 11 is 0. The van der Waals surface area contributed by atoms with Crippen LogP contribution in [0.3, 0.4) is 0 Å². The molecule has 6 rings (SSSR count). The first-order chi connectivity index (χ1) is 20.6. The first-order valence-electron chi connectivity index (χ1n) is 13.8. The van der Waals surface area contributed by atoms with Crippen LogP contribution in [0.25, 0.3) is 28.1 Å². The Labute approximate surface area is 252 Å². The molecular formula is C32H33FN4O5S. The van der Waals surface area contributed by atoms with E-state index in [0.29, 0.717) is 63.3 Å². The number of nitrogens with zero attached hydrogens (tertiary/aromatic N) is 4. The highest BCUT2D eigenvalue weighted by Crippen LogP contribution is 2.47. The van der Waals surface area contributed by atoms with Crippen molar-refractivity contribution in [2.24, 2.45) is 0 Å². The van der Waals surface area contributed by atoms with Gasteiger partial charge in [0.25, 0.3) is 5.91 Å². The zero-order valence-electron chi connectivity index (χ0n) is 24.8. The summed E-state index contributed by atoms with van der Waals surface area (Å²) < 4.78 is 39.6. The van der Waals surface area contributed by atoms with Crippen LogP contribution in [0.15, 0.2) is 48.7 Å². The Kier molecular flexibility index (Phi) is 7.37. The first-order valence-corrected chi connectivity index (χ1v) is 15.5. The Balaban J connectivity index is 1.60. The van der Waals surface area contributed by atoms with Gasteiger partial charge in [-0.25, -0.2) is 9.67 Å². The molecule has 0 saturated carbocycles. The second-order valence-electron chi connectivity index (χ2n) is 11.1. The summed E-state index contributed by atoms with van der Waals surface area (Å²) in [7, 11) is 4.66. The molecule has 9 nitrogen and oxygen atoms in total. The minimum absolute atomic E-state index is 0.0128. The number of halogens is 1. The van der Waals surface area contributed by atoms with Crippen LogP contribution in [-0.4, -0.2) is 76.4 Å². The average Bonchev–Trinajstić information content (AvgIpc) is 3.40. The molecule has 0 spiro atoms. The van der Waals surface area contributed by atoms with Crippen molar-refractivity contribution in [2.75, 3.05) is 39.4 Å². The molecule has 1 atom stereocenters. The van der Waals surface area contributed by atoms with E-state index in [1.54, 1.807) is 49.2 Å². The third kappa shape index (κ3) is 5.01. The molecule has 0 aliphatic carbocycles. The van der Waals surface area contributed by atoms with Crippen LogP contribution < -0.4 is 18.9 Å². The van der Waals surface area contributed by atoms with Crippen molar-refractivity contribution >= 4 is 22.3 Å². The van der Waals surface area contributed by atoms with E-state index in [1.165, 1.54) is 13.3 Å². The summed E-state index contributed by atoms with van der Waals surface area (Å²) in [6.45, 7) is 4.84. The molecule has 0 radical (unpaired) electrons. The number of amides is 1. The number of hydrogen-bond donors (Lipinski definition) is 0. The van der Waals surface area contributed by atoms with E-state index in [-0.39, 0.29) is 34.1 Å². The van der Waals surface area contributed by atoms with Gasteiger partial charge in [0, 0.05) is 76.3 Å². The van der Waals surface area contributed by atoms with Crippen LogP contribution in [0.4, 0.5) is 4.39 Å². The molecular weight excluding hydrogens is 571 g/mol. The predicted octanol–water partition coefficient (Wildman–Crippen LogP) is 5.59. The van der Waals surface area contributed by atoms with Crippen LogP contribution in [0.1, 0.15) is 29.9 Å². The van der Waals surface area contributed by atoms with Gasteiger partial charge >= 0.3 is 0 Å². The fraction of sp³-hybridized carbons (Fsp3) is 0.312. The molecule has 1 saturated heterocycles. The number of benzene rings is 2. The highest BCUT2D eigenvalue weighted by Gasteiger charge is 2.39. The molecule has 224 valence electrons. The van der Waals surface area contributed by atoms with Crippen LogP contribution >= 0.6 is 10.5 Å². The Hall–Kier alpha value is -4.38. The van der Waals surface area contributed by atoms with Gasteiger partial charge in [0.15, 0.2) is 5.69 Å². The molecule has 1 amide bonds. The fourth-order valence-electron chi connectivity index (χ4n) is 5.80. The Bertz CT molecular complexity index is 1750. The van der Waals surface area contributed by atoms with Crippen molar-refractivity contribution in [1.29, 1.82) is 0 Å². The van der Waals surface area contributed by atoms with Gasteiger partial charge in [0.2, 0.25) is 5.95 Å². The van der Waals surface area contributed by atoms with Crippen molar-refractivity contribution in [3.63, 3.8) is 0 Å². The lowest BCUT2D eigenvalue weighted by Crippen LogP contribution is -2.54. The fourth-order valence-corrected chi connectivity index (χ4v) is 7.54. The minimum Gasteiger partial charge on any atom is -0.497 e. The SMILES string of the molecule is C=S1CCN(C(=O)c2nn(-c3cc(OC)cc(OC)c3)c3c2COc2cc(OC)c(-c4cccnc4F)cc2-3)C(C)(C)C1. The number of rotatable bonds is 6. The van der Waals surface area contributed by atoms with E-state index < -0.39 is 5.95 Å². The number of fused-ring (bicyclic) bond motifs is 3. The highest BCUT2D eigenvalue weighted by molar-refractivity contribution is 8.14. The number of aromatic nitrogens is 3. The van der Waals surface area contributed by atoms with E-state index in [0.717, 1.165) is 11.5 Å². The predicted molar refractivity (Wildman–Crippen MR) is 166 cm³/mol. The third-order valence-electron chi connectivity index (χ3n) is 7.88. The Morgan fingerprint density at radius 2 is 1.79 bits per heavy atom. The van der Waals surface area contributed by atoms with Gasteiger partial charge in [0.05, 0.1) is 32.7 Å². The number of carbonyl (C=O) groups is 1.